The van der Waals surface area contributed by atoms with Crippen LogP contribution >= 0.6 is 34.2 Å². The van der Waals surface area contributed by atoms with Crippen LogP contribution in [0.5, 0.6) is 17.2 Å². The topological polar surface area (TPSA) is 86.3 Å². The highest BCUT2D eigenvalue weighted by molar-refractivity contribution is 14.1. The van der Waals surface area contributed by atoms with Gasteiger partial charge in [-0.3, -0.25) is 9.59 Å². The quantitative estimate of drug-likeness (QED) is 0.394. The summed E-state index contributed by atoms with van der Waals surface area (Å²) in [6, 6.07) is 8.49. The molecule has 33 heavy (non-hydrogen) atoms. The third kappa shape index (κ3) is 6.10. The van der Waals surface area contributed by atoms with Gasteiger partial charge in [0.25, 0.3) is 11.8 Å². The van der Waals surface area contributed by atoms with Gasteiger partial charge in [-0.25, -0.2) is 0 Å². The Morgan fingerprint density at radius 3 is 2.27 bits per heavy atom. The van der Waals surface area contributed by atoms with Gasteiger partial charge in [0.1, 0.15) is 5.70 Å². The number of ether oxygens (including phenoxy) is 4. The van der Waals surface area contributed by atoms with Crippen LogP contribution in [0.4, 0.5) is 0 Å². The van der Waals surface area contributed by atoms with Gasteiger partial charge in [-0.1, -0.05) is 11.6 Å². The molecule has 1 saturated heterocycles. The molecule has 3 rings (SSSR count). The van der Waals surface area contributed by atoms with Crippen LogP contribution in [0.2, 0.25) is 5.02 Å². The average molecular weight is 587 g/mol. The molecule has 1 heterocycles. The Hall–Kier alpha value is -2.50. The van der Waals surface area contributed by atoms with Gasteiger partial charge in [-0.05, 0) is 64.6 Å². The summed E-state index contributed by atoms with van der Waals surface area (Å²) in [4.78, 5) is 28.0. The molecule has 176 valence electrons. The van der Waals surface area contributed by atoms with Gasteiger partial charge < -0.3 is 29.2 Å². The number of benzene rings is 2. The summed E-state index contributed by atoms with van der Waals surface area (Å²) in [7, 11) is 4.52. The highest BCUT2D eigenvalue weighted by atomic mass is 127. The van der Waals surface area contributed by atoms with Crippen molar-refractivity contribution in [2.75, 3.05) is 47.6 Å². The first-order chi connectivity index (χ1) is 15.9. The second-order valence-electron chi connectivity index (χ2n) is 7.00. The summed E-state index contributed by atoms with van der Waals surface area (Å²) >= 11 is 8.33. The van der Waals surface area contributed by atoms with Crippen molar-refractivity contribution in [2.45, 2.75) is 0 Å². The van der Waals surface area contributed by atoms with Crippen LogP contribution in [0, 0.1) is 3.57 Å². The fourth-order valence-corrected chi connectivity index (χ4v) is 4.00. The van der Waals surface area contributed by atoms with E-state index in [9.17, 15) is 9.59 Å². The molecule has 1 aliphatic rings. The van der Waals surface area contributed by atoms with Crippen LogP contribution in [0.15, 0.2) is 36.0 Å². The first-order valence-electron chi connectivity index (χ1n) is 10.0. The molecule has 0 bridgehead atoms. The summed E-state index contributed by atoms with van der Waals surface area (Å²) in [5, 5.41) is 3.03. The minimum Gasteiger partial charge on any atom is -0.493 e. The number of nitrogens with zero attached hydrogens (tertiary/aromatic N) is 1. The van der Waals surface area contributed by atoms with E-state index >= 15 is 0 Å². The van der Waals surface area contributed by atoms with E-state index in [4.69, 9.17) is 30.5 Å². The number of carbonyl (C=O) groups is 2. The van der Waals surface area contributed by atoms with Gasteiger partial charge in [0.2, 0.25) is 5.75 Å². The molecule has 0 saturated carbocycles. The van der Waals surface area contributed by atoms with Crippen molar-refractivity contribution in [3.63, 3.8) is 0 Å². The number of methoxy groups -OCH3 is 3. The molecular formula is C23H24ClIN2O6. The molecule has 8 nitrogen and oxygen atoms in total. The van der Waals surface area contributed by atoms with E-state index in [-0.39, 0.29) is 17.2 Å². The average Bonchev–Trinajstić information content (AvgIpc) is 2.84. The summed E-state index contributed by atoms with van der Waals surface area (Å²) in [5.41, 5.74) is 0.940. The Balaban J connectivity index is 2.03. The fourth-order valence-electron chi connectivity index (χ4n) is 3.30. The normalized spacial score (nSPS) is 14.0. The van der Waals surface area contributed by atoms with Crippen molar-refractivity contribution in [3.8, 4) is 17.2 Å². The molecule has 0 radical (unpaired) electrons. The van der Waals surface area contributed by atoms with E-state index in [1.165, 1.54) is 21.3 Å². The minimum atomic E-state index is -0.487. The second kappa shape index (κ2) is 11.6. The van der Waals surface area contributed by atoms with Crippen molar-refractivity contribution < 1.29 is 28.5 Å². The van der Waals surface area contributed by atoms with Gasteiger partial charge >= 0.3 is 0 Å². The summed E-state index contributed by atoms with van der Waals surface area (Å²) in [6.45, 7) is 1.70. The van der Waals surface area contributed by atoms with Gasteiger partial charge in [0.15, 0.2) is 11.5 Å². The molecule has 1 N–H and O–H groups in total. The molecular weight excluding hydrogens is 563 g/mol. The number of hydrogen-bond acceptors (Lipinski definition) is 6. The number of amides is 2. The fraction of sp³-hybridized carbons (Fsp3) is 0.304. The molecule has 0 aliphatic carbocycles. The number of nitrogens with one attached hydrogen (secondary N) is 1. The molecule has 0 spiro atoms. The maximum absolute atomic E-state index is 13.3. The van der Waals surface area contributed by atoms with Crippen LogP contribution in [-0.2, 0) is 9.53 Å². The van der Waals surface area contributed by atoms with Crippen molar-refractivity contribution in [3.05, 3.63) is 55.7 Å². The molecule has 2 amide bonds. The number of hydrogen-bond donors (Lipinski definition) is 1. The molecule has 2 aromatic rings. The van der Waals surface area contributed by atoms with E-state index in [1.54, 1.807) is 41.3 Å². The number of rotatable bonds is 7. The van der Waals surface area contributed by atoms with Crippen molar-refractivity contribution in [2.24, 2.45) is 0 Å². The van der Waals surface area contributed by atoms with Crippen molar-refractivity contribution in [1.29, 1.82) is 0 Å². The predicted octanol–water partition coefficient (Wildman–Crippen LogP) is 3.60. The zero-order chi connectivity index (χ0) is 24.0. The zero-order valence-corrected chi connectivity index (χ0v) is 21.4. The lowest BCUT2D eigenvalue weighted by Gasteiger charge is -2.28. The van der Waals surface area contributed by atoms with Gasteiger partial charge in [0.05, 0.1) is 45.1 Å². The van der Waals surface area contributed by atoms with Gasteiger partial charge in [0, 0.05) is 16.7 Å². The maximum atomic E-state index is 13.3. The van der Waals surface area contributed by atoms with E-state index < -0.39 is 5.91 Å². The van der Waals surface area contributed by atoms with Crippen LogP contribution in [-0.4, -0.2) is 64.3 Å². The first kappa shape index (κ1) is 25.1. The lowest BCUT2D eigenvalue weighted by atomic mass is 10.1. The number of halogens is 2. The minimum absolute atomic E-state index is 0.0890. The third-order valence-electron chi connectivity index (χ3n) is 4.95. The Bertz CT molecular complexity index is 1040. The molecule has 0 unspecified atom stereocenters. The molecule has 1 fully saturated rings. The predicted molar refractivity (Wildman–Crippen MR) is 133 cm³/mol. The van der Waals surface area contributed by atoms with E-state index in [0.717, 1.165) is 3.57 Å². The molecule has 0 aromatic heterocycles. The lowest BCUT2D eigenvalue weighted by molar-refractivity contribution is -0.131. The SMILES string of the molecule is COc1cc(C=C(NC(=O)c2cc(I)ccc2Cl)C(=O)N2CCOCC2)cc(OC)c1OC. The van der Waals surface area contributed by atoms with E-state index in [1.807, 2.05) is 0 Å². The Labute approximate surface area is 210 Å². The molecule has 10 heteroatoms. The highest BCUT2D eigenvalue weighted by Gasteiger charge is 2.24. The standard InChI is InChI=1S/C23H24ClIN2O6/c1-30-19-11-14(12-20(31-2)21(19)32-3)10-18(23(29)27-6-8-33-9-7-27)26-22(28)16-13-15(25)4-5-17(16)24/h4-5,10-13H,6-9H2,1-3H3,(H,26,28). The monoisotopic (exact) mass is 586 g/mol. The van der Waals surface area contributed by atoms with Crippen molar-refractivity contribution >= 4 is 52.1 Å². The smallest absolute Gasteiger partial charge is 0.270 e. The summed E-state index contributed by atoms with van der Waals surface area (Å²) < 4.78 is 22.4. The number of carbonyl (C=O) groups excluding carboxylic acids is 2. The zero-order valence-electron chi connectivity index (χ0n) is 18.4. The third-order valence-corrected chi connectivity index (χ3v) is 5.95. The van der Waals surface area contributed by atoms with Crippen LogP contribution in [0.25, 0.3) is 6.08 Å². The van der Waals surface area contributed by atoms with E-state index in [0.29, 0.717) is 54.1 Å². The Morgan fingerprint density at radius 1 is 1.06 bits per heavy atom. The summed E-state index contributed by atoms with van der Waals surface area (Å²) in [5.74, 6) is 0.454. The van der Waals surface area contributed by atoms with Crippen LogP contribution < -0.4 is 19.5 Å². The Kier molecular flexibility index (Phi) is 8.81. The van der Waals surface area contributed by atoms with Gasteiger partial charge in [-0.15, -0.1) is 0 Å². The van der Waals surface area contributed by atoms with Crippen LogP contribution in [0.1, 0.15) is 15.9 Å². The molecule has 0 atom stereocenters. The van der Waals surface area contributed by atoms with E-state index in [2.05, 4.69) is 27.9 Å². The van der Waals surface area contributed by atoms with Gasteiger partial charge in [-0.2, -0.15) is 0 Å². The summed E-state index contributed by atoms with van der Waals surface area (Å²) in [6.07, 6.45) is 1.57. The second-order valence-corrected chi connectivity index (χ2v) is 8.65. The largest absolute Gasteiger partial charge is 0.493 e. The number of morpholine rings is 1. The molecule has 1 aliphatic heterocycles. The highest BCUT2D eigenvalue weighted by Crippen LogP contribution is 2.38. The lowest BCUT2D eigenvalue weighted by Crippen LogP contribution is -2.44. The van der Waals surface area contributed by atoms with Crippen LogP contribution in [0.3, 0.4) is 0 Å². The Morgan fingerprint density at radius 2 is 1.70 bits per heavy atom. The first-order valence-corrected chi connectivity index (χ1v) is 11.5. The molecule has 2 aromatic carbocycles. The van der Waals surface area contributed by atoms with Crippen molar-refractivity contribution in [1.82, 2.24) is 10.2 Å². The maximum Gasteiger partial charge on any atom is 0.270 e.